The zero-order valence-corrected chi connectivity index (χ0v) is 26.1. The molecule has 0 radical (unpaired) electrons. The Hall–Kier alpha value is -3.60. The summed E-state index contributed by atoms with van der Waals surface area (Å²) in [6, 6.07) is 16.7. The SMILES string of the molecule is CC(C)CC(NC(=O)C(CCc1ccccc1)NC(=O)CN1CCOCC1)C(=O)NC(Cc1ccccc1)C(=O)C1(C)CO1. The number of hydrogen-bond acceptors (Lipinski definition) is 7. The van der Waals surface area contributed by atoms with Crippen LogP contribution in [0.15, 0.2) is 60.7 Å². The van der Waals surface area contributed by atoms with E-state index in [9.17, 15) is 19.2 Å². The summed E-state index contributed by atoms with van der Waals surface area (Å²) in [4.78, 5) is 55.9. The lowest BCUT2D eigenvalue weighted by molar-refractivity contribution is -0.134. The second kappa shape index (κ2) is 15.9. The third-order valence-corrected chi connectivity index (χ3v) is 8.04. The Morgan fingerprint density at radius 2 is 1.39 bits per heavy atom. The van der Waals surface area contributed by atoms with Gasteiger partial charge in [0.15, 0.2) is 5.78 Å². The normalized spacial score (nSPS) is 20.3. The average molecular weight is 607 g/mol. The molecular formula is C34H46N4O6. The van der Waals surface area contributed by atoms with Crippen LogP contribution >= 0.6 is 0 Å². The second-order valence-corrected chi connectivity index (χ2v) is 12.4. The molecule has 3 N–H and O–H groups in total. The maximum atomic E-state index is 13.7. The van der Waals surface area contributed by atoms with Gasteiger partial charge < -0.3 is 25.4 Å². The lowest BCUT2D eigenvalue weighted by Gasteiger charge is -2.28. The molecule has 2 fully saturated rings. The number of epoxide rings is 1. The highest BCUT2D eigenvalue weighted by Gasteiger charge is 2.50. The first kappa shape index (κ1) is 33.3. The Balaban J connectivity index is 1.46. The summed E-state index contributed by atoms with van der Waals surface area (Å²) in [6.45, 7) is 8.57. The molecule has 0 saturated carbocycles. The minimum Gasteiger partial charge on any atom is -0.379 e. The van der Waals surface area contributed by atoms with Crippen LogP contribution in [-0.4, -0.2) is 91.6 Å². The molecule has 0 aliphatic carbocycles. The van der Waals surface area contributed by atoms with E-state index in [-0.39, 0.29) is 24.2 Å². The number of Topliss-reactive ketones (excluding diaryl/α,β-unsaturated/α-hetero) is 1. The van der Waals surface area contributed by atoms with Gasteiger partial charge in [-0.15, -0.1) is 0 Å². The molecule has 2 aliphatic rings. The molecule has 2 aliphatic heterocycles. The summed E-state index contributed by atoms with van der Waals surface area (Å²) in [5.74, 6) is -1.23. The van der Waals surface area contributed by atoms with E-state index in [1.54, 1.807) is 6.92 Å². The molecule has 4 rings (SSSR count). The molecule has 2 aromatic rings. The van der Waals surface area contributed by atoms with E-state index < -0.39 is 35.5 Å². The fourth-order valence-electron chi connectivity index (χ4n) is 5.35. The molecule has 238 valence electrons. The van der Waals surface area contributed by atoms with E-state index in [1.807, 2.05) is 79.4 Å². The minimum atomic E-state index is -0.920. The van der Waals surface area contributed by atoms with Crippen molar-refractivity contribution in [1.29, 1.82) is 0 Å². The van der Waals surface area contributed by atoms with Crippen molar-refractivity contribution >= 4 is 23.5 Å². The first-order chi connectivity index (χ1) is 21.1. The van der Waals surface area contributed by atoms with E-state index >= 15 is 0 Å². The van der Waals surface area contributed by atoms with Gasteiger partial charge in [-0.1, -0.05) is 74.5 Å². The summed E-state index contributed by atoms with van der Waals surface area (Å²) in [6.07, 6.45) is 1.62. The van der Waals surface area contributed by atoms with Crippen LogP contribution in [0.1, 0.15) is 44.7 Å². The number of amides is 3. The highest BCUT2D eigenvalue weighted by molar-refractivity contribution is 5.98. The van der Waals surface area contributed by atoms with Gasteiger partial charge in [-0.3, -0.25) is 24.1 Å². The Morgan fingerprint density at radius 3 is 1.98 bits per heavy atom. The second-order valence-electron chi connectivity index (χ2n) is 12.4. The quantitative estimate of drug-likeness (QED) is 0.250. The van der Waals surface area contributed by atoms with Crippen molar-refractivity contribution in [3.8, 4) is 0 Å². The summed E-state index contributed by atoms with van der Waals surface area (Å²) in [7, 11) is 0. The lowest BCUT2D eigenvalue weighted by Crippen LogP contribution is -2.58. The Kier molecular flexibility index (Phi) is 12.1. The van der Waals surface area contributed by atoms with E-state index in [0.717, 1.165) is 11.1 Å². The highest BCUT2D eigenvalue weighted by atomic mass is 16.6. The number of nitrogens with one attached hydrogen (secondary N) is 3. The number of aryl methyl sites for hydroxylation is 1. The molecule has 10 nitrogen and oxygen atoms in total. The maximum Gasteiger partial charge on any atom is 0.243 e. The molecule has 2 heterocycles. The number of rotatable bonds is 16. The van der Waals surface area contributed by atoms with Crippen LogP contribution in [0.25, 0.3) is 0 Å². The van der Waals surface area contributed by atoms with Crippen LogP contribution in [0.3, 0.4) is 0 Å². The van der Waals surface area contributed by atoms with Gasteiger partial charge in [0.05, 0.1) is 32.4 Å². The molecule has 10 heteroatoms. The summed E-state index contributed by atoms with van der Waals surface area (Å²) in [5.41, 5.74) is 1.03. The number of ether oxygens (including phenoxy) is 2. The molecule has 2 aromatic carbocycles. The number of benzene rings is 2. The molecule has 44 heavy (non-hydrogen) atoms. The number of carbonyl (C=O) groups excluding carboxylic acids is 4. The average Bonchev–Trinajstić information content (AvgIpc) is 3.77. The third-order valence-electron chi connectivity index (χ3n) is 8.04. The zero-order chi connectivity index (χ0) is 31.5. The largest absolute Gasteiger partial charge is 0.379 e. The molecule has 3 amide bonds. The smallest absolute Gasteiger partial charge is 0.243 e. The minimum absolute atomic E-state index is 0.0808. The fraction of sp³-hybridized carbons (Fsp3) is 0.529. The first-order valence-corrected chi connectivity index (χ1v) is 15.6. The molecule has 0 spiro atoms. The van der Waals surface area contributed by atoms with Crippen LogP contribution in [0.2, 0.25) is 0 Å². The molecule has 4 atom stereocenters. The Bertz CT molecular complexity index is 1240. The Labute approximate surface area is 260 Å². The number of carbonyl (C=O) groups is 4. The first-order valence-electron chi connectivity index (χ1n) is 15.6. The number of nitrogens with zero attached hydrogens (tertiary/aromatic N) is 1. The fourth-order valence-corrected chi connectivity index (χ4v) is 5.35. The van der Waals surface area contributed by atoms with Crippen LogP contribution in [0.5, 0.6) is 0 Å². The van der Waals surface area contributed by atoms with Crippen molar-refractivity contribution in [1.82, 2.24) is 20.9 Å². The van der Waals surface area contributed by atoms with Crippen molar-refractivity contribution in [3.05, 3.63) is 71.8 Å². The number of ketones is 1. The Morgan fingerprint density at radius 1 is 0.818 bits per heavy atom. The zero-order valence-electron chi connectivity index (χ0n) is 26.1. The van der Waals surface area contributed by atoms with Crippen molar-refractivity contribution in [3.63, 3.8) is 0 Å². The van der Waals surface area contributed by atoms with Crippen molar-refractivity contribution in [2.24, 2.45) is 5.92 Å². The summed E-state index contributed by atoms with van der Waals surface area (Å²) in [5, 5.41) is 8.76. The van der Waals surface area contributed by atoms with E-state index in [4.69, 9.17) is 9.47 Å². The molecule has 0 aromatic heterocycles. The highest BCUT2D eigenvalue weighted by Crippen LogP contribution is 2.29. The van der Waals surface area contributed by atoms with Crippen LogP contribution in [0, 0.1) is 5.92 Å². The predicted molar refractivity (Wildman–Crippen MR) is 167 cm³/mol. The molecule has 4 unspecified atom stereocenters. The summed E-state index contributed by atoms with van der Waals surface area (Å²) < 4.78 is 10.8. The molecular weight excluding hydrogens is 560 g/mol. The van der Waals surface area contributed by atoms with Gasteiger partial charge in [0.1, 0.15) is 17.7 Å². The van der Waals surface area contributed by atoms with Gasteiger partial charge in [-0.25, -0.2) is 0 Å². The molecule has 0 bridgehead atoms. The topological polar surface area (TPSA) is 129 Å². The monoisotopic (exact) mass is 606 g/mol. The number of hydrogen-bond donors (Lipinski definition) is 3. The number of morpholine rings is 1. The van der Waals surface area contributed by atoms with Crippen molar-refractivity contribution in [2.75, 3.05) is 39.5 Å². The van der Waals surface area contributed by atoms with Gasteiger partial charge in [-0.05, 0) is 49.7 Å². The van der Waals surface area contributed by atoms with Crippen LogP contribution < -0.4 is 16.0 Å². The lowest BCUT2D eigenvalue weighted by atomic mass is 9.94. The predicted octanol–water partition coefficient (Wildman–Crippen LogP) is 2.05. The third kappa shape index (κ3) is 10.2. The van der Waals surface area contributed by atoms with E-state index in [2.05, 4.69) is 16.0 Å². The van der Waals surface area contributed by atoms with Crippen LogP contribution in [0.4, 0.5) is 0 Å². The van der Waals surface area contributed by atoms with Gasteiger partial charge in [0, 0.05) is 13.1 Å². The summed E-state index contributed by atoms with van der Waals surface area (Å²) >= 11 is 0. The standard InChI is InChI=1S/C34H46N4O6/c1-24(2)20-29(33(42)36-28(31(40)34(3)23-44-34)21-26-12-8-5-9-13-26)37-32(41)27(15-14-25-10-6-4-7-11-25)35-30(39)22-38-16-18-43-19-17-38/h4-13,24,27-29H,14-23H2,1-3H3,(H,35,39)(H,36,42)(H,37,41). The van der Waals surface area contributed by atoms with Gasteiger partial charge in [0.2, 0.25) is 17.7 Å². The van der Waals surface area contributed by atoms with Crippen molar-refractivity contribution < 1.29 is 28.7 Å². The van der Waals surface area contributed by atoms with Gasteiger partial charge in [0.25, 0.3) is 0 Å². The van der Waals surface area contributed by atoms with E-state index in [0.29, 0.717) is 58.6 Å². The molecule has 2 saturated heterocycles. The maximum absolute atomic E-state index is 13.7. The van der Waals surface area contributed by atoms with Crippen molar-refractivity contribution in [2.45, 2.75) is 70.2 Å². The van der Waals surface area contributed by atoms with E-state index in [1.165, 1.54) is 0 Å². The van der Waals surface area contributed by atoms with Crippen LogP contribution in [-0.2, 0) is 41.5 Å². The van der Waals surface area contributed by atoms with Gasteiger partial charge in [-0.2, -0.15) is 0 Å². The van der Waals surface area contributed by atoms with Gasteiger partial charge >= 0.3 is 0 Å².